The van der Waals surface area contributed by atoms with Crippen LogP contribution in [0.25, 0.3) is 0 Å². The minimum atomic E-state index is 0.508. The maximum Gasteiger partial charge on any atom is 0.0420 e. The molecule has 0 radical (unpaired) electrons. The molecule has 1 saturated heterocycles. The third-order valence-electron chi connectivity index (χ3n) is 5.33. The highest BCUT2D eigenvalue weighted by Gasteiger charge is 2.43. The zero-order chi connectivity index (χ0) is 15.6. The first-order valence-corrected chi connectivity index (χ1v) is 8.61. The lowest BCUT2D eigenvalue weighted by atomic mass is 9.81. The molecule has 118 valence electrons. The van der Waals surface area contributed by atoms with Gasteiger partial charge in [0.05, 0.1) is 0 Å². The van der Waals surface area contributed by atoms with E-state index in [-0.39, 0.29) is 0 Å². The van der Waals surface area contributed by atoms with E-state index in [1.165, 1.54) is 29.8 Å². The van der Waals surface area contributed by atoms with Crippen LogP contribution in [-0.4, -0.2) is 17.5 Å². The van der Waals surface area contributed by atoms with Gasteiger partial charge in [0.1, 0.15) is 0 Å². The van der Waals surface area contributed by atoms with Crippen LogP contribution in [0.3, 0.4) is 0 Å². The van der Waals surface area contributed by atoms with Gasteiger partial charge in [0, 0.05) is 30.2 Å². The average Bonchev–Trinajstić information content (AvgIpc) is 3.01. The standard InChI is InChI=1S/C21H24N2/c1-2-8-19-18-13-14-23(15-16-9-4-3-5-10-16)21(18)17-11-6-7-12-20(17)22-19/h2-7,9-12,18-19,21-22H,1,8,13-15H2/t18-,19-,21+/m1/s1. The van der Waals surface area contributed by atoms with E-state index in [0.29, 0.717) is 18.0 Å². The third-order valence-corrected chi connectivity index (χ3v) is 5.33. The van der Waals surface area contributed by atoms with Crippen LogP contribution in [0.1, 0.15) is 30.0 Å². The molecule has 2 heteroatoms. The Kier molecular flexibility index (Phi) is 3.92. The summed E-state index contributed by atoms with van der Waals surface area (Å²) in [4.78, 5) is 2.66. The molecule has 23 heavy (non-hydrogen) atoms. The van der Waals surface area contributed by atoms with Crippen molar-refractivity contribution in [2.24, 2.45) is 5.92 Å². The van der Waals surface area contributed by atoms with E-state index in [0.717, 1.165) is 13.0 Å². The van der Waals surface area contributed by atoms with Crippen molar-refractivity contribution in [3.8, 4) is 0 Å². The Hall–Kier alpha value is -2.06. The second-order valence-corrected chi connectivity index (χ2v) is 6.72. The molecule has 1 fully saturated rings. The van der Waals surface area contributed by atoms with E-state index in [2.05, 4.69) is 77.5 Å². The molecular formula is C21H24N2. The second kappa shape index (κ2) is 6.21. The molecule has 4 rings (SSSR count). The fourth-order valence-corrected chi connectivity index (χ4v) is 4.33. The minimum absolute atomic E-state index is 0.508. The predicted molar refractivity (Wildman–Crippen MR) is 96.4 cm³/mol. The molecule has 3 atom stereocenters. The largest absolute Gasteiger partial charge is 0.381 e. The summed E-state index contributed by atoms with van der Waals surface area (Å²) in [7, 11) is 0. The van der Waals surface area contributed by atoms with E-state index in [1.807, 2.05) is 0 Å². The van der Waals surface area contributed by atoms with Crippen LogP contribution in [0.5, 0.6) is 0 Å². The topological polar surface area (TPSA) is 15.3 Å². The Morgan fingerprint density at radius 3 is 2.70 bits per heavy atom. The molecule has 2 aromatic rings. The number of nitrogens with one attached hydrogen (secondary N) is 1. The molecule has 2 aromatic carbocycles. The number of hydrogen-bond donors (Lipinski definition) is 1. The summed E-state index contributed by atoms with van der Waals surface area (Å²) in [5.74, 6) is 0.673. The van der Waals surface area contributed by atoms with E-state index in [9.17, 15) is 0 Å². The Morgan fingerprint density at radius 2 is 1.87 bits per heavy atom. The molecule has 0 aromatic heterocycles. The van der Waals surface area contributed by atoms with Gasteiger partial charge in [0.2, 0.25) is 0 Å². The fraction of sp³-hybridized carbons (Fsp3) is 0.333. The summed E-state index contributed by atoms with van der Waals surface area (Å²) < 4.78 is 0. The zero-order valence-corrected chi connectivity index (χ0v) is 13.5. The Morgan fingerprint density at radius 1 is 1.09 bits per heavy atom. The van der Waals surface area contributed by atoms with Crippen molar-refractivity contribution in [3.63, 3.8) is 0 Å². The quantitative estimate of drug-likeness (QED) is 0.829. The Balaban J connectivity index is 1.66. The monoisotopic (exact) mass is 304 g/mol. The first-order chi connectivity index (χ1) is 11.4. The van der Waals surface area contributed by atoms with E-state index in [1.54, 1.807) is 0 Å². The highest BCUT2D eigenvalue weighted by atomic mass is 15.2. The van der Waals surface area contributed by atoms with Crippen LogP contribution < -0.4 is 5.32 Å². The fourth-order valence-electron chi connectivity index (χ4n) is 4.33. The van der Waals surface area contributed by atoms with Gasteiger partial charge >= 0.3 is 0 Å². The van der Waals surface area contributed by atoms with Crippen LogP contribution in [0.4, 0.5) is 5.69 Å². The molecule has 0 aliphatic carbocycles. The molecule has 0 spiro atoms. The maximum atomic E-state index is 3.96. The molecule has 2 heterocycles. The number of para-hydroxylation sites is 1. The number of likely N-dealkylation sites (tertiary alicyclic amines) is 1. The lowest BCUT2D eigenvalue weighted by molar-refractivity contribution is 0.205. The normalized spacial score (nSPS) is 26.2. The van der Waals surface area contributed by atoms with Gasteiger partial charge in [-0.15, -0.1) is 6.58 Å². The lowest BCUT2D eigenvalue weighted by Crippen LogP contribution is -2.38. The van der Waals surface area contributed by atoms with Gasteiger partial charge in [-0.3, -0.25) is 4.90 Å². The summed E-state index contributed by atoms with van der Waals surface area (Å²) >= 11 is 0. The van der Waals surface area contributed by atoms with Crippen LogP contribution in [-0.2, 0) is 6.54 Å². The van der Waals surface area contributed by atoms with E-state index in [4.69, 9.17) is 0 Å². The van der Waals surface area contributed by atoms with Crippen molar-refractivity contribution in [1.82, 2.24) is 4.90 Å². The summed E-state index contributed by atoms with van der Waals surface area (Å²) in [5.41, 5.74) is 4.18. The first-order valence-electron chi connectivity index (χ1n) is 8.61. The zero-order valence-electron chi connectivity index (χ0n) is 13.5. The van der Waals surface area contributed by atoms with Gasteiger partial charge in [0.15, 0.2) is 0 Å². The maximum absolute atomic E-state index is 3.96. The molecule has 2 aliphatic rings. The molecule has 2 nitrogen and oxygen atoms in total. The summed E-state index contributed by atoms with van der Waals surface area (Å²) in [6.45, 7) is 6.17. The number of fused-ring (bicyclic) bond motifs is 3. The smallest absolute Gasteiger partial charge is 0.0420 e. The van der Waals surface area contributed by atoms with Gasteiger partial charge in [0.25, 0.3) is 0 Å². The molecule has 1 N–H and O–H groups in total. The third kappa shape index (κ3) is 2.68. The molecule has 0 amide bonds. The van der Waals surface area contributed by atoms with Crippen LogP contribution in [0.15, 0.2) is 67.3 Å². The second-order valence-electron chi connectivity index (χ2n) is 6.72. The number of nitrogens with zero attached hydrogens (tertiary/aromatic N) is 1. The molecular weight excluding hydrogens is 280 g/mol. The minimum Gasteiger partial charge on any atom is -0.381 e. The van der Waals surface area contributed by atoms with Crippen molar-refractivity contribution in [2.75, 3.05) is 11.9 Å². The number of anilines is 1. The van der Waals surface area contributed by atoms with Gasteiger partial charge in [-0.2, -0.15) is 0 Å². The SMILES string of the molecule is C=CC[C@H]1Nc2ccccc2[C@H]2[C@@H]1CCN2Cc1ccccc1. The van der Waals surface area contributed by atoms with Crippen LogP contribution in [0, 0.1) is 5.92 Å². The summed E-state index contributed by atoms with van der Waals surface area (Å²) in [5, 5.41) is 3.76. The van der Waals surface area contributed by atoms with Crippen molar-refractivity contribution in [1.29, 1.82) is 0 Å². The Labute approximate surface area is 138 Å². The van der Waals surface area contributed by atoms with Gasteiger partial charge in [-0.05, 0) is 36.6 Å². The first kappa shape index (κ1) is 14.5. The van der Waals surface area contributed by atoms with Gasteiger partial charge in [-0.1, -0.05) is 54.6 Å². The van der Waals surface area contributed by atoms with Crippen molar-refractivity contribution >= 4 is 5.69 Å². The van der Waals surface area contributed by atoms with Gasteiger partial charge < -0.3 is 5.32 Å². The van der Waals surface area contributed by atoms with E-state index >= 15 is 0 Å². The number of benzene rings is 2. The van der Waals surface area contributed by atoms with Crippen molar-refractivity contribution in [2.45, 2.75) is 31.5 Å². The Bertz CT molecular complexity index is 679. The molecule has 0 unspecified atom stereocenters. The van der Waals surface area contributed by atoms with Crippen molar-refractivity contribution < 1.29 is 0 Å². The summed E-state index contributed by atoms with van der Waals surface area (Å²) in [6.07, 6.45) is 4.36. The average molecular weight is 304 g/mol. The van der Waals surface area contributed by atoms with Crippen LogP contribution in [0.2, 0.25) is 0 Å². The van der Waals surface area contributed by atoms with Crippen LogP contribution >= 0.6 is 0 Å². The predicted octanol–water partition coefficient (Wildman–Crippen LogP) is 4.62. The highest BCUT2D eigenvalue weighted by Crippen LogP contribution is 2.47. The van der Waals surface area contributed by atoms with Crippen molar-refractivity contribution in [3.05, 3.63) is 78.4 Å². The highest BCUT2D eigenvalue weighted by molar-refractivity contribution is 5.56. The number of hydrogen-bond acceptors (Lipinski definition) is 2. The molecule has 0 saturated carbocycles. The molecule has 0 bridgehead atoms. The summed E-state index contributed by atoms with van der Waals surface area (Å²) in [6, 6.07) is 20.7. The van der Waals surface area contributed by atoms with E-state index < -0.39 is 0 Å². The number of rotatable bonds is 4. The lowest BCUT2D eigenvalue weighted by Gasteiger charge is -2.39. The van der Waals surface area contributed by atoms with Gasteiger partial charge in [-0.25, -0.2) is 0 Å². The molecule has 2 aliphatic heterocycles.